The number of aliphatic imine (C=N–C) groups is 1. The van der Waals surface area contributed by atoms with Crippen LogP contribution < -0.4 is 5.11 Å². The van der Waals surface area contributed by atoms with Crippen molar-refractivity contribution in [2.24, 2.45) is 10.9 Å². The van der Waals surface area contributed by atoms with Crippen LogP contribution in [0.25, 0.3) is 0 Å². The first kappa shape index (κ1) is 15.3. The second-order valence-electron chi connectivity index (χ2n) is 4.11. The van der Waals surface area contributed by atoms with E-state index < -0.39 is 23.4 Å². The quantitative estimate of drug-likeness (QED) is 0.783. The summed E-state index contributed by atoms with van der Waals surface area (Å²) in [4.78, 5) is 26.0. The van der Waals surface area contributed by atoms with Gasteiger partial charge in [0.1, 0.15) is 5.92 Å². The number of allylic oxidation sites excluding steroid dienone is 1. The van der Waals surface area contributed by atoms with Gasteiger partial charge in [0.05, 0.1) is 22.7 Å². The summed E-state index contributed by atoms with van der Waals surface area (Å²) < 4.78 is 0. The first-order valence-electron chi connectivity index (χ1n) is 5.85. The molecule has 1 aromatic rings. The average Bonchev–Trinajstić information content (AvgIpc) is 2.46. The molecule has 0 fully saturated rings. The zero-order valence-electron chi connectivity index (χ0n) is 10.6. The summed E-state index contributed by atoms with van der Waals surface area (Å²) in [5.74, 6) is -2.97. The highest BCUT2D eigenvalue weighted by Gasteiger charge is 2.25. The number of hydrogen-bond acceptors (Lipinski definition) is 5. The maximum Gasteiger partial charge on any atom is 0.279 e. The van der Waals surface area contributed by atoms with Crippen LogP contribution in [0, 0.1) is 17.2 Å². The molecule has 21 heavy (non-hydrogen) atoms. The highest BCUT2D eigenvalue weighted by molar-refractivity contribution is 8.13. The lowest BCUT2D eigenvalue weighted by Crippen LogP contribution is -2.31. The van der Waals surface area contributed by atoms with Crippen molar-refractivity contribution in [2.45, 2.75) is 5.75 Å². The van der Waals surface area contributed by atoms with E-state index in [1.807, 2.05) is 18.2 Å². The van der Waals surface area contributed by atoms with Crippen molar-refractivity contribution in [3.8, 4) is 6.07 Å². The first-order valence-corrected chi connectivity index (χ1v) is 7.21. The highest BCUT2D eigenvalue weighted by atomic mass is 35.5. The second-order valence-corrected chi connectivity index (χ2v) is 5.51. The van der Waals surface area contributed by atoms with Crippen molar-refractivity contribution in [1.82, 2.24) is 0 Å². The average molecular weight is 320 g/mol. The van der Waals surface area contributed by atoms with Gasteiger partial charge in [0.2, 0.25) is 0 Å². The Morgan fingerprint density at radius 3 is 2.81 bits per heavy atom. The summed E-state index contributed by atoms with van der Waals surface area (Å²) in [6.45, 7) is 0. The minimum Gasteiger partial charge on any atom is -0.545 e. The summed E-state index contributed by atoms with van der Waals surface area (Å²) in [5, 5.41) is 20.6. The highest BCUT2D eigenvalue weighted by Crippen LogP contribution is 2.27. The van der Waals surface area contributed by atoms with Crippen molar-refractivity contribution >= 4 is 40.3 Å². The van der Waals surface area contributed by atoms with E-state index in [4.69, 9.17) is 16.9 Å². The maximum atomic E-state index is 11.6. The molecule has 1 unspecified atom stereocenters. The first-order chi connectivity index (χ1) is 10.0. The lowest BCUT2D eigenvalue weighted by molar-refractivity contribution is -0.298. The Morgan fingerprint density at radius 2 is 2.19 bits per heavy atom. The number of nitriles is 1. The molecule has 0 aliphatic carbocycles. The molecule has 1 heterocycles. The molecule has 1 atom stereocenters. The van der Waals surface area contributed by atoms with Crippen LogP contribution in [0.2, 0.25) is 5.02 Å². The summed E-state index contributed by atoms with van der Waals surface area (Å²) in [6.07, 6.45) is 1.07. The number of hydrogen-bond donors (Lipinski definition) is 0. The molecular formula is C14H8ClN2O3S-. The molecule has 7 heteroatoms. The fraction of sp³-hybridized carbons (Fsp3) is 0.143. The van der Waals surface area contributed by atoms with Gasteiger partial charge < -0.3 is 9.90 Å². The SMILES string of the molecule is N#CC1C=C(C(=O)[O-])C(=O)N=C1SCc1ccccc1Cl. The number of aliphatic carboxylic acids is 1. The molecule has 1 amide bonds. The summed E-state index contributed by atoms with van der Waals surface area (Å²) in [7, 11) is 0. The molecule has 0 bridgehead atoms. The van der Waals surface area contributed by atoms with Crippen molar-refractivity contribution in [1.29, 1.82) is 5.26 Å². The molecular weight excluding hydrogens is 312 g/mol. The normalized spacial score (nSPS) is 17.7. The summed E-state index contributed by atoms with van der Waals surface area (Å²) in [6, 6.07) is 9.09. The lowest BCUT2D eigenvalue weighted by Gasteiger charge is -2.16. The van der Waals surface area contributed by atoms with Crippen molar-refractivity contribution < 1.29 is 14.7 Å². The van der Waals surface area contributed by atoms with Gasteiger partial charge in [0.15, 0.2) is 0 Å². The molecule has 0 saturated heterocycles. The smallest absolute Gasteiger partial charge is 0.279 e. The fourth-order valence-corrected chi connectivity index (χ4v) is 2.96. The zero-order valence-corrected chi connectivity index (χ0v) is 12.1. The van der Waals surface area contributed by atoms with E-state index in [0.29, 0.717) is 10.8 Å². The predicted octanol–water partition coefficient (Wildman–Crippen LogP) is 1.33. The van der Waals surface area contributed by atoms with Crippen LogP contribution in [0.4, 0.5) is 0 Å². The number of benzene rings is 1. The Morgan fingerprint density at radius 1 is 1.48 bits per heavy atom. The number of dihydropyridines is 1. The van der Waals surface area contributed by atoms with Crippen molar-refractivity contribution in [3.63, 3.8) is 0 Å². The van der Waals surface area contributed by atoms with E-state index in [1.54, 1.807) is 12.1 Å². The molecule has 5 nitrogen and oxygen atoms in total. The molecule has 1 aliphatic rings. The van der Waals surface area contributed by atoms with E-state index >= 15 is 0 Å². The topological polar surface area (TPSA) is 93.4 Å². The minimum absolute atomic E-state index is 0.257. The molecule has 0 radical (unpaired) electrons. The maximum absolute atomic E-state index is 11.6. The van der Waals surface area contributed by atoms with Crippen molar-refractivity contribution in [2.75, 3.05) is 0 Å². The third-order valence-corrected chi connectivity index (χ3v) is 4.20. The van der Waals surface area contributed by atoms with Crippen molar-refractivity contribution in [3.05, 3.63) is 46.5 Å². The van der Waals surface area contributed by atoms with Gasteiger partial charge in [-0.3, -0.25) is 4.79 Å². The Kier molecular flexibility index (Phi) is 4.78. The molecule has 2 rings (SSSR count). The molecule has 0 aromatic heterocycles. The summed E-state index contributed by atoms with van der Waals surface area (Å²) in [5.41, 5.74) is 0.259. The van der Waals surface area contributed by atoms with E-state index in [0.717, 1.165) is 11.6 Å². The summed E-state index contributed by atoms with van der Waals surface area (Å²) >= 11 is 7.20. The lowest BCUT2D eigenvalue weighted by atomic mass is 10.0. The van der Waals surface area contributed by atoms with Crippen LogP contribution >= 0.6 is 23.4 Å². The molecule has 0 saturated carbocycles. The molecule has 1 aliphatic heterocycles. The monoisotopic (exact) mass is 319 g/mol. The Hall–Kier alpha value is -2.10. The van der Waals surface area contributed by atoms with E-state index in [1.165, 1.54) is 11.8 Å². The number of halogens is 1. The number of thioether (sulfide) groups is 1. The zero-order chi connectivity index (χ0) is 15.4. The van der Waals surface area contributed by atoms with Crippen LogP contribution in [0.5, 0.6) is 0 Å². The number of rotatable bonds is 3. The number of amides is 1. The van der Waals surface area contributed by atoms with Gasteiger partial charge in [-0.1, -0.05) is 29.8 Å². The predicted molar refractivity (Wildman–Crippen MR) is 77.4 cm³/mol. The molecule has 0 N–H and O–H groups in total. The molecule has 0 spiro atoms. The van der Waals surface area contributed by atoms with E-state index in [9.17, 15) is 14.7 Å². The number of carboxylic acids is 1. The van der Waals surface area contributed by atoms with Gasteiger partial charge in [-0.2, -0.15) is 5.26 Å². The number of nitrogens with zero attached hydrogens (tertiary/aromatic N) is 2. The molecule has 1 aromatic carbocycles. The Bertz CT molecular complexity index is 706. The molecule has 106 valence electrons. The van der Waals surface area contributed by atoms with E-state index in [-0.39, 0.29) is 5.04 Å². The van der Waals surface area contributed by atoms with Gasteiger partial charge in [0, 0.05) is 10.8 Å². The van der Waals surface area contributed by atoms with E-state index in [2.05, 4.69) is 4.99 Å². The number of carbonyl (C=O) groups excluding carboxylic acids is 2. The standard InChI is InChI=1S/C14H9ClN2O3S/c15-11-4-2-1-3-8(11)7-21-13-9(6-16)5-10(14(19)20)12(18)17-13/h1-5,9H,7H2,(H,19,20)/p-1. The third kappa shape index (κ3) is 3.51. The third-order valence-electron chi connectivity index (χ3n) is 2.73. The van der Waals surface area contributed by atoms with Crippen LogP contribution in [-0.4, -0.2) is 16.9 Å². The second kappa shape index (κ2) is 6.57. The Balaban J connectivity index is 2.16. The van der Waals surface area contributed by atoms with Crippen LogP contribution in [-0.2, 0) is 15.3 Å². The fourth-order valence-electron chi connectivity index (χ4n) is 1.68. The minimum atomic E-state index is -1.63. The van der Waals surface area contributed by atoms with Gasteiger partial charge in [-0.15, -0.1) is 11.8 Å². The van der Waals surface area contributed by atoms with Gasteiger partial charge >= 0.3 is 0 Å². The van der Waals surface area contributed by atoms with Crippen LogP contribution in [0.3, 0.4) is 0 Å². The van der Waals surface area contributed by atoms with Crippen LogP contribution in [0.1, 0.15) is 5.56 Å². The number of carboxylic acid groups (broad SMARTS) is 1. The van der Waals surface area contributed by atoms with Crippen LogP contribution in [0.15, 0.2) is 40.9 Å². The van der Waals surface area contributed by atoms with Gasteiger partial charge in [-0.05, 0) is 17.7 Å². The number of carbonyl (C=O) groups is 2. The van der Waals surface area contributed by atoms with Gasteiger partial charge in [-0.25, -0.2) is 4.99 Å². The Labute approximate surface area is 129 Å². The largest absolute Gasteiger partial charge is 0.545 e. The van der Waals surface area contributed by atoms with Gasteiger partial charge in [0.25, 0.3) is 5.91 Å².